The Morgan fingerprint density at radius 2 is 0.658 bits per heavy atom. The molecule has 4 rings (SSSR count). The lowest BCUT2D eigenvalue weighted by molar-refractivity contribution is 0.447. The van der Waals surface area contributed by atoms with Crippen molar-refractivity contribution < 1.29 is 14.2 Å². The van der Waals surface area contributed by atoms with Crippen LogP contribution in [0.1, 0.15) is 0 Å². The molecule has 0 aliphatic carbocycles. The lowest BCUT2D eigenvalue weighted by Crippen LogP contribution is -1.97. The molecule has 198 valence electrons. The molecule has 0 bridgehead atoms. The minimum atomic E-state index is 0.504. The number of ether oxygens (including phenoxy) is 3. The summed E-state index contributed by atoms with van der Waals surface area (Å²) in [5.41, 5.74) is 0. The molecule has 0 spiro atoms. The third kappa shape index (κ3) is 6.70. The van der Waals surface area contributed by atoms with Crippen LogP contribution in [0.25, 0.3) is 0 Å². The van der Waals surface area contributed by atoms with Gasteiger partial charge in [-0.25, -0.2) is 0 Å². The maximum absolute atomic E-state index is 6.46. The zero-order valence-corrected chi connectivity index (χ0v) is 35.4. The molecule has 0 atom stereocenters. The smallest absolute Gasteiger partial charge is 0.158 e. The standard InChI is InChI=1S/C24H7Br11O3/c25-8-4-1-2-6-10(8)36-21-13(28)17(32)23(18(33)14(21)29)38-24-19(34)15(30)22(16(31)20(24)35)37-11-7-3-5-9(26)12(11)27/h1-7H. The third-order valence-electron chi connectivity index (χ3n) is 4.75. The molecular formula is C24H7Br11O3. The van der Waals surface area contributed by atoms with Gasteiger partial charge in [-0.15, -0.1) is 0 Å². The first-order valence-corrected chi connectivity index (χ1v) is 18.6. The van der Waals surface area contributed by atoms with Crippen molar-refractivity contribution in [3.63, 3.8) is 0 Å². The number of halogens is 11. The maximum Gasteiger partial charge on any atom is 0.158 e. The lowest BCUT2D eigenvalue weighted by atomic mass is 10.3. The predicted octanol–water partition coefficient (Wildman–Crippen LogP) is 15.5. The molecule has 4 aromatic carbocycles. The number of para-hydroxylation sites is 1. The van der Waals surface area contributed by atoms with E-state index < -0.39 is 0 Å². The molecule has 0 aliphatic rings. The minimum absolute atomic E-state index is 0.504. The molecule has 0 heterocycles. The van der Waals surface area contributed by atoms with E-state index >= 15 is 0 Å². The van der Waals surface area contributed by atoms with E-state index in [0.717, 1.165) is 13.4 Å². The Labute approximate surface area is 310 Å². The van der Waals surface area contributed by atoms with E-state index in [9.17, 15) is 0 Å². The second-order valence-electron chi connectivity index (χ2n) is 7.12. The molecule has 0 aliphatic heterocycles. The van der Waals surface area contributed by atoms with Crippen LogP contribution in [-0.4, -0.2) is 0 Å². The van der Waals surface area contributed by atoms with E-state index in [4.69, 9.17) is 14.2 Å². The van der Waals surface area contributed by atoms with Gasteiger partial charge in [-0.3, -0.25) is 0 Å². The van der Waals surface area contributed by atoms with Gasteiger partial charge in [-0.1, -0.05) is 18.2 Å². The van der Waals surface area contributed by atoms with Crippen molar-refractivity contribution in [1.29, 1.82) is 0 Å². The molecule has 0 unspecified atom stereocenters. The third-order valence-corrected chi connectivity index (χ3v) is 15.6. The van der Waals surface area contributed by atoms with Crippen LogP contribution in [-0.2, 0) is 0 Å². The lowest BCUT2D eigenvalue weighted by Gasteiger charge is -2.21. The summed E-state index contributed by atoms with van der Waals surface area (Å²) in [6, 6.07) is 13.3. The number of benzene rings is 4. The second-order valence-corrected chi connectivity index (χ2v) is 16.0. The molecule has 3 nitrogen and oxygen atoms in total. The van der Waals surface area contributed by atoms with Crippen molar-refractivity contribution in [3.8, 4) is 34.5 Å². The van der Waals surface area contributed by atoms with Gasteiger partial charge in [-0.2, -0.15) is 0 Å². The molecule has 0 amide bonds. The van der Waals surface area contributed by atoms with Crippen LogP contribution in [0.2, 0.25) is 0 Å². The second kappa shape index (κ2) is 13.9. The molecule has 0 saturated heterocycles. The van der Waals surface area contributed by atoms with Gasteiger partial charge in [0.05, 0.1) is 44.7 Å². The fourth-order valence-corrected chi connectivity index (χ4v) is 8.75. The Bertz CT molecular complexity index is 1520. The van der Waals surface area contributed by atoms with Gasteiger partial charge in [0.1, 0.15) is 11.5 Å². The van der Waals surface area contributed by atoms with Gasteiger partial charge in [0.25, 0.3) is 0 Å². The zero-order chi connectivity index (χ0) is 27.9. The largest absolute Gasteiger partial charge is 0.454 e. The first-order chi connectivity index (χ1) is 17.9. The molecular weight excluding hydrogens is 1220 g/mol. The van der Waals surface area contributed by atoms with Crippen LogP contribution in [0.3, 0.4) is 0 Å². The number of hydrogen-bond donors (Lipinski definition) is 0. The Hall–Kier alpha value is 1.56. The maximum atomic E-state index is 6.46. The number of hydrogen-bond acceptors (Lipinski definition) is 3. The summed E-state index contributed by atoms with van der Waals surface area (Å²) in [6.07, 6.45) is 0. The fourth-order valence-electron chi connectivity index (χ4n) is 2.95. The van der Waals surface area contributed by atoms with Crippen molar-refractivity contribution in [2.24, 2.45) is 0 Å². The fraction of sp³-hybridized carbons (Fsp3) is 0. The number of rotatable bonds is 6. The van der Waals surface area contributed by atoms with Crippen molar-refractivity contribution in [2.75, 3.05) is 0 Å². The Morgan fingerprint density at radius 1 is 0.316 bits per heavy atom. The van der Waals surface area contributed by atoms with Crippen LogP contribution in [0.5, 0.6) is 34.5 Å². The van der Waals surface area contributed by atoms with E-state index in [0.29, 0.717) is 70.3 Å². The Morgan fingerprint density at radius 3 is 1.11 bits per heavy atom. The molecule has 0 saturated carbocycles. The Kier molecular flexibility index (Phi) is 11.9. The SMILES string of the molecule is Brc1ccccc1Oc1c(Br)c(Br)c(Oc2c(Br)c(Br)c(Oc3cccc(Br)c3Br)c(Br)c2Br)c(Br)c1Br. The summed E-state index contributed by atoms with van der Waals surface area (Å²) < 4.78 is 26.5. The molecule has 0 fully saturated rings. The normalized spacial score (nSPS) is 11.0. The first kappa shape index (κ1) is 32.5. The van der Waals surface area contributed by atoms with E-state index in [1.54, 1.807) is 0 Å². The quantitative estimate of drug-likeness (QED) is 0.180. The van der Waals surface area contributed by atoms with Crippen molar-refractivity contribution in [1.82, 2.24) is 0 Å². The van der Waals surface area contributed by atoms with Crippen LogP contribution >= 0.6 is 175 Å². The van der Waals surface area contributed by atoms with Gasteiger partial charge in [0, 0.05) is 4.47 Å². The van der Waals surface area contributed by atoms with Gasteiger partial charge in [0.2, 0.25) is 0 Å². The highest BCUT2D eigenvalue weighted by atomic mass is 79.9. The van der Waals surface area contributed by atoms with Gasteiger partial charge in [0.15, 0.2) is 23.0 Å². The first-order valence-electron chi connectivity index (χ1n) is 9.87. The van der Waals surface area contributed by atoms with E-state index in [1.807, 2.05) is 42.5 Å². The van der Waals surface area contributed by atoms with Gasteiger partial charge in [-0.05, 0) is 199 Å². The minimum Gasteiger partial charge on any atom is -0.454 e. The zero-order valence-electron chi connectivity index (χ0n) is 17.9. The molecule has 0 N–H and O–H groups in total. The van der Waals surface area contributed by atoms with Crippen molar-refractivity contribution >= 4 is 175 Å². The van der Waals surface area contributed by atoms with Crippen LogP contribution in [0, 0.1) is 0 Å². The molecule has 4 aromatic rings. The summed E-state index contributed by atoms with van der Waals surface area (Å²) in [6.45, 7) is 0. The Balaban J connectivity index is 1.76. The van der Waals surface area contributed by atoms with E-state index in [2.05, 4.69) is 175 Å². The predicted molar refractivity (Wildman–Crippen MR) is 191 cm³/mol. The van der Waals surface area contributed by atoms with Crippen molar-refractivity contribution in [2.45, 2.75) is 0 Å². The molecule has 14 heteroatoms. The summed E-state index contributed by atoms with van der Waals surface area (Å²) in [5, 5.41) is 0. The highest BCUT2D eigenvalue weighted by Crippen LogP contribution is 2.57. The summed E-state index contributed by atoms with van der Waals surface area (Å²) in [5.74, 6) is 3.41. The summed E-state index contributed by atoms with van der Waals surface area (Å²) in [4.78, 5) is 0. The van der Waals surface area contributed by atoms with Crippen LogP contribution in [0.4, 0.5) is 0 Å². The average Bonchev–Trinajstić information content (AvgIpc) is 2.89. The van der Waals surface area contributed by atoms with Gasteiger partial charge < -0.3 is 14.2 Å². The van der Waals surface area contributed by atoms with E-state index in [-0.39, 0.29) is 0 Å². The van der Waals surface area contributed by atoms with Crippen molar-refractivity contribution in [3.05, 3.63) is 91.7 Å². The van der Waals surface area contributed by atoms with Gasteiger partial charge >= 0.3 is 0 Å². The highest BCUT2D eigenvalue weighted by Gasteiger charge is 2.27. The molecule has 0 radical (unpaired) electrons. The molecule has 38 heavy (non-hydrogen) atoms. The van der Waals surface area contributed by atoms with Crippen LogP contribution in [0.15, 0.2) is 91.7 Å². The van der Waals surface area contributed by atoms with Crippen LogP contribution < -0.4 is 14.2 Å². The van der Waals surface area contributed by atoms with E-state index in [1.165, 1.54) is 0 Å². The topological polar surface area (TPSA) is 27.7 Å². The average molecular weight is 1220 g/mol. The highest BCUT2D eigenvalue weighted by molar-refractivity contribution is 9.15. The summed E-state index contributed by atoms with van der Waals surface area (Å²) in [7, 11) is 0. The summed E-state index contributed by atoms with van der Waals surface area (Å²) >= 11 is 39.9. The molecule has 0 aromatic heterocycles. The monoisotopic (exact) mass is 1210 g/mol.